The first-order valence-electron chi connectivity index (χ1n) is 9.63. The summed E-state index contributed by atoms with van der Waals surface area (Å²) >= 11 is 0. The average molecular weight is 468 g/mol. The van der Waals surface area contributed by atoms with Gasteiger partial charge in [0, 0.05) is 24.4 Å². The number of non-ortho nitro benzene ring substituents is 2. The van der Waals surface area contributed by atoms with Crippen LogP contribution < -0.4 is 9.62 Å². The van der Waals surface area contributed by atoms with Crippen molar-refractivity contribution in [1.29, 1.82) is 0 Å². The van der Waals surface area contributed by atoms with Gasteiger partial charge in [0.15, 0.2) is 0 Å². The maximum Gasteiger partial charge on any atom is 0.277 e. The highest BCUT2D eigenvalue weighted by Crippen LogP contribution is 2.33. The molecule has 3 aromatic rings. The topological polar surface area (TPSA) is 153 Å². The molecule has 1 aliphatic rings. The molecule has 1 N–H and O–H groups in total. The number of anilines is 2. The van der Waals surface area contributed by atoms with E-state index in [-0.39, 0.29) is 16.1 Å². The second kappa shape index (κ2) is 8.31. The van der Waals surface area contributed by atoms with Crippen LogP contribution in [0.5, 0.6) is 0 Å². The van der Waals surface area contributed by atoms with Crippen LogP contribution >= 0.6 is 0 Å². The lowest BCUT2D eigenvalue weighted by atomic mass is 10.1. The Morgan fingerprint density at radius 3 is 2.12 bits per heavy atom. The minimum atomic E-state index is -3.81. The number of nitrogens with one attached hydrogen (secondary N) is 1. The molecule has 0 aromatic heterocycles. The number of para-hydroxylation sites is 1. The third-order valence-electron chi connectivity index (χ3n) is 5.13. The fraction of sp³-hybridized carbons (Fsp3) is 0.0952. The van der Waals surface area contributed by atoms with Gasteiger partial charge in [-0.3, -0.25) is 29.3 Å². The predicted molar refractivity (Wildman–Crippen MR) is 119 cm³/mol. The van der Waals surface area contributed by atoms with Crippen LogP contribution in [0.3, 0.4) is 0 Å². The van der Waals surface area contributed by atoms with E-state index in [0.717, 1.165) is 23.8 Å². The van der Waals surface area contributed by atoms with Crippen molar-refractivity contribution < 1.29 is 23.1 Å². The predicted octanol–water partition coefficient (Wildman–Crippen LogP) is 3.51. The number of hydrogen-bond acceptors (Lipinski definition) is 7. The van der Waals surface area contributed by atoms with Crippen LogP contribution in [-0.4, -0.2) is 30.7 Å². The maximum atomic E-state index is 13.1. The second-order valence-corrected chi connectivity index (χ2v) is 9.05. The molecular weight excluding hydrogens is 452 g/mol. The standard InChI is InChI=1S/C21H16N4O7S/c26-21(15-11-17(24(27)28)13-18(12-15)25(29)30)22-16-5-7-19(8-6-16)33(31,32)23-10-9-14-3-1-2-4-20(14)23/h1-8,11-13H,9-10H2,(H,22,26). The van der Waals surface area contributed by atoms with Crippen LogP contribution in [0.25, 0.3) is 0 Å². The average Bonchev–Trinajstić information content (AvgIpc) is 3.24. The van der Waals surface area contributed by atoms with Crippen molar-refractivity contribution in [1.82, 2.24) is 0 Å². The molecule has 0 unspecified atom stereocenters. The summed E-state index contributed by atoms with van der Waals surface area (Å²) < 4.78 is 27.5. The monoisotopic (exact) mass is 468 g/mol. The quantitative estimate of drug-likeness (QED) is 0.429. The van der Waals surface area contributed by atoms with Crippen molar-refractivity contribution in [2.24, 2.45) is 0 Å². The van der Waals surface area contributed by atoms with Gasteiger partial charge in [-0.25, -0.2) is 8.42 Å². The van der Waals surface area contributed by atoms with E-state index < -0.39 is 37.2 Å². The molecule has 0 radical (unpaired) electrons. The Labute approximate surface area is 187 Å². The molecule has 33 heavy (non-hydrogen) atoms. The Balaban J connectivity index is 1.56. The van der Waals surface area contributed by atoms with Crippen LogP contribution in [0, 0.1) is 20.2 Å². The van der Waals surface area contributed by atoms with Gasteiger partial charge in [-0.15, -0.1) is 0 Å². The SMILES string of the molecule is O=C(Nc1ccc(S(=O)(=O)N2CCc3ccccc32)cc1)c1cc([N+](=O)[O-])cc([N+](=O)[O-])c1. The number of nitrogens with zero attached hydrogens (tertiary/aromatic N) is 3. The third-order valence-corrected chi connectivity index (χ3v) is 6.96. The molecule has 0 saturated heterocycles. The Bertz CT molecular complexity index is 1360. The lowest BCUT2D eigenvalue weighted by Crippen LogP contribution is -2.29. The van der Waals surface area contributed by atoms with Gasteiger partial charge in [0.05, 0.1) is 32.1 Å². The highest BCUT2D eigenvalue weighted by Gasteiger charge is 2.30. The van der Waals surface area contributed by atoms with E-state index in [1.165, 1.54) is 28.6 Å². The van der Waals surface area contributed by atoms with Gasteiger partial charge >= 0.3 is 0 Å². The molecule has 3 aromatic carbocycles. The molecule has 168 valence electrons. The van der Waals surface area contributed by atoms with E-state index in [9.17, 15) is 33.4 Å². The number of carbonyl (C=O) groups excluding carboxylic acids is 1. The molecule has 0 atom stereocenters. The van der Waals surface area contributed by atoms with Gasteiger partial charge in [0.2, 0.25) is 0 Å². The second-order valence-electron chi connectivity index (χ2n) is 7.19. The van der Waals surface area contributed by atoms with Crippen molar-refractivity contribution in [3.05, 3.63) is 98.1 Å². The number of rotatable bonds is 6. The highest BCUT2D eigenvalue weighted by atomic mass is 32.2. The molecule has 11 nitrogen and oxygen atoms in total. The van der Waals surface area contributed by atoms with Crippen molar-refractivity contribution in [3.8, 4) is 0 Å². The summed E-state index contributed by atoms with van der Waals surface area (Å²) in [5.74, 6) is -0.814. The summed E-state index contributed by atoms with van der Waals surface area (Å²) in [5, 5.41) is 24.5. The number of nitro groups is 2. The smallest absolute Gasteiger partial charge is 0.277 e. The van der Waals surface area contributed by atoms with E-state index >= 15 is 0 Å². The third kappa shape index (κ3) is 4.23. The zero-order valence-corrected chi connectivity index (χ0v) is 17.7. The van der Waals surface area contributed by atoms with Crippen LogP contribution in [0.4, 0.5) is 22.7 Å². The summed E-state index contributed by atoms with van der Waals surface area (Å²) in [5.41, 5.74) is 0.317. The molecule has 1 heterocycles. The Kier molecular flexibility index (Phi) is 5.52. The zero-order chi connectivity index (χ0) is 23.8. The fourth-order valence-electron chi connectivity index (χ4n) is 3.54. The van der Waals surface area contributed by atoms with Gasteiger partial charge < -0.3 is 5.32 Å². The van der Waals surface area contributed by atoms with Crippen molar-refractivity contribution in [3.63, 3.8) is 0 Å². The summed E-state index contributed by atoms with van der Waals surface area (Å²) in [6, 6.07) is 15.3. The van der Waals surface area contributed by atoms with E-state index in [0.29, 0.717) is 18.7 Å². The molecule has 12 heteroatoms. The van der Waals surface area contributed by atoms with Gasteiger partial charge in [-0.05, 0) is 42.3 Å². The zero-order valence-electron chi connectivity index (χ0n) is 16.9. The molecule has 0 aliphatic carbocycles. The largest absolute Gasteiger partial charge is 0.322 e. The van der Waals surface area contributed by atoms with E-state index in [2.05, 4.69) is 5.32 Å². The normalized spacial score (nSPS) is 12.8. The van der Waals surface area contributed by atoms with Crippen molar-refractivity contribution in [2.45, 2.75) is 11.3 Å². The van der Waals surface area contributed by atoms with Crippen molar-refractivity contribution >= 4 is 38.7 Å². The van der Waals surface area contributed by atoms with Gasteiger partial charge in [0.1, 0.15) is 0 Å². The molecule has 1 amide bonds. The molecule has 4 rings (SSSR count). The van der Waals surface area contributed by atoms with E-state index in [1.807, 2.05) is 12.1 Å². The first kappa shape index (κ1) is 21.9. The number of amides is 1. The Morgan fingerprint density at radius 2 is 1.52 bits per heavy atom. The Hall–Kier alpha value is -4.32. The molecule has 0 spiro atoms. The van der Waals surface area contributed by atoms with Crippen LogP contribution in [0.1, 0.15) is 15.9 Å². The molecule has 0 bridgehead atoms. The van der Waals surface area contributed by atoms with Crippen molar-refractivity contribution in [2.75, 3.05) is 16.2 Å². The molecule has 0 fully saturated rings. The lowest BCUT2D eigenvalue weighted by Gasteiger charge is -2.19. The first-order valence-corrected chi connectivity index (χ1v) is 11.1. The van der Waals surface area contributed by atoms with Gasteiger partial charge in [-0.2, -0.15) is 0 Å². The minimum absolute atomic E-state index is 0.0307. The number of sulfonamides is 1. The molecular formula is C21H16N4O7S. The molecule has 1 aliphatic heterocycles. The van der Waals surface area contributed by atoms with Crippen LogP contribution in [-0.2, 0) is 16.4 Å². The van der Waals surface area contributed by atoms with Gasteiger partial charge in [-0.1, -0.05) is 18.2 Å². The number of fused-ring (bicyclic) bond motifs is 1. The number of carbonyl (C=O) groups is 1. The van der Waals surface area contributed by atoms with Crippen LogP contribution in [0.2, 0.25) is 0 Å². The Morgan fingerprint density at radius 1 is 0.909 bits per heavy atom. The number of nitro benzene ring substituents is 2. The first-order chi connectivity index (χ1) is 15.7. The molecule has 0 saturated carbocycles. The fourth-order valence-corrected chi connectivity index (χ4v) is 5.04. The minimum Gasteiger partial charge on any atom is -0.322 e. The lowest BCUT2D eigenvalue weighted by molar-refractivity contribution is -0.394. The highest BCUT2D eigenvalue weighted by molar-refractivity contribution is 7.92. The van der Waals surface area contributed by atoms with E-state index in [4.69, 9.17) is 0 Å². The summed E-state index contributed by atoms with van der Waals surface area (Å²) in [4.78, 5) is 32.9. The summed E-state index contributed by atoms with van der Waals surface area (Å²) in [6.45, 7) is 0.325. The van der Waals surface area contributed by atoms with Crippen LogP contribution in [0.15, 0.2) is 71.6 Å². The van der Waals surface area contributed by atoms with Gasteiger partial charge in [0.25, 0.3) is 27.3 Å². The number of benzene rings is 3. The summed E-state index contributed by atoms with van der Waals surface area (Å²) in [6.07, 6.45) is 0.610. The summed E-state index contributed by atoms with van der Waals surface area (Å²) in [7, 11) is -3.81. The number of hydrogen-bond donors (Lipinski definition) is 1. The van der Waals surface area contributed by atoms with E-state index in [1.54, 1.807) is 12.1 Å². The maximum absolute atomic E-state index is 13.1.